The summed E-state index contributed by atoms with van der Waals surface area (Å²) >= 11 is 0. The van der Waals surface area contributed by atoms with E-state index in [0.29, 0.717) is 25.4 Å². The van der Waals surface area contributed by atoms with Crippen LogP contribution in [0, 0.1) is 12.3 Å². The smallest absolute Gasteiger partial charge is 0.243 e. The van der Waals surface area contributed by atoms with Crippen LogP contribution in [0.5, 0.6) is 5.75 Å². The standard InChI is InChI=1S/C15H22N2O3S/c1-5-10-17(6-2)21(18,19)14-8-9-15(20-7-3)13(11-14)12-16-4/h1,8-9,11,16H,6-7,10,12H2,2-4H3. The lowest BCUT2D eigenvalue weighted by Crippen LogP contribution is -2.31. The number of nitrogens with zero attached hydrogens (tertiary/aromatic N) is 1. The van der Waals surface area contributed by atoms with Crippen molar-refractivity contribution in [3.63, 3.8) is 0 Å². The fraction of sp³-hybridized carbons (Fsp3) is 0.467. The Bertz CT molecular complexity index is 606. The quantitative estimate of drug-likeness (QED) is 0.738. The van der Waals surface area contributed by atoms with Crippen molar-refractivity contribution in [3.05, 3.63) is 23.8 Å². The van der Waals surface area contributed by atoms with Gasteiger partial charge >= 0.3 is 0 Å². The van der Waals surface area contributed by atoms with E-state index < -0.39 is 10.0 Å². The van der Waals surface area contributed by atoms with E-state index in [1.165, 1.54) is 4.31 Å². The molecule has 0 amide bonds. The van der Waals surface area contributed by atoms with Gasteiger partial charge in [0.1, 0.15) is 5.75 Å². The van der Waals surface area contributed by atoms with Crippen molar-refractivity contribution in [1.29, 1.82) is 0 Å². The van der Waals surface area contributed by atoms with E-state index in [-0.39, 0.29) is 11.4 Å². The van der Waals surface area contributed by atoms with Crippen molar-refractivity contribution in [1.82, 2.24) is 9.62 Å². The van der Waals surface area contributed by atoms with Crippen LogP contribution in [0.4, 0.5) is 0 Å². The Labute approximate surface area is 127 Å². The zero-order chi connectivity index (χ0) is 15.9. The van der Waals surface area contributed by atoms with Gasteiger partial charge in [-0.25, -0.2) is 8.42 Å². The topological polar surface area (TPSA) is 58.6 Å². The van der Waals surface area contributed by atoms with E-state index in [1.807, 2.05) is 6.92 Å². The molecule has 1 N–H and O–H groups in total. The average Bonchev–Trinajstić information content (AvgIpc) is 2.46. The number of benzene rings is 1. The number of nitrogens with one attached hydrogen (secondary N) is 1. The third-order valence-corrected chi connectivity index (χ3v) is 4.87. The largest absolute Gasteiger partial charge is 0.494 e. The molecule has 1 aromatic carbocycles. The highest BCUT2D eigenvalue weighted by atomic mass is 32.2. The second-order valence-corrected chi connectivity index (χ2v) is 6.31. The summed E-state index contributed by atoms with van der Waals surface area (Å²) in [5.74, 6) is 3.06. The van der Waals surface area contributed by atoms with Crippen LogP contribution in [-0.4, -0.2) is 39.5 Å². The Morgan fingerprint density at radius 1 is 1.38 bits per heavy atom. The Balaban J connectivity index is 3.24. The van der Waals surface area contributed by atoms with Gasteiger partial charge in [0, 0.05) is 18.7 Å². The molecule has 0 spiro atoms. The molecule has 0 unspecified atom stereocenters. The van der Waals surface area contributed by atoms with Crippen LogP contribution in [0.2, 0.25) is 0 Å². The fourth-order valence-corrected chi connectivity index (χ4v) is 3.37. The van der Waals surface area contributed by atoms with Crippen molar-refractivity contribution >= 4 is 10.0 Å². The molecule has 0 aliphatic carbocycles. The Hall–Kier alpha value is -1.55. The maximum atomic E-state index is 12.5. The maximum Gasteiger partial charge on any atom is 0.243 e. The Kier molecular flexibility index (Phi) is 6.69. The maximum absolute atomic E-state index is 12.5. The van der Waals surface area contributed by atoms with Crippen LogP contribution in [0.1, 0.15) is 19.4 Å². The molecule has 0 aliphatic rings. The summed E-state index contributed by atoms with van der Waals surface area (Å²) in [6.07, 6.45) is 5.23. The highest BCUT2D eigenvalue weighted by molar-refractivity contribution is 7.89. The minimum Gasteiger partial charge on any atom is -0.494 e. The van der Waals surface area contributed by atoms with Crippen LogP contribution >= 0.6 is 0 Å². The van der Waals surface area contributed by atoms with Crippen LogP contribution in [-0.2, 0) is 16.6 Å². The third kappa shape index (κ3) is 4.21. The molecular formula is C15H22N2O3S. The van der Waals surface area contributed by atoms with Gasteiger partial charge in [0.05, 0.1) is 18.0 Å². The summed E-state index contributed by atoms with van der Waals surface area (Å²) in [6.45, 7) is 5.10. The Morgan fingerprint density at radius 3 is 2.62 bits per heavy atom. The van der Waals surface area contributed by atoms with Crippen molar-refractivity contribution in [2.75, 3.05) is 26.7 Å². The fourth-order valence-electron chi connectivity index (χ4n) is 1.96. The molecule has 116 valence electrons. The molecule has 0 saturated heterocycles. The zero-order valence-corrected chi connectivity index (χ0v) is 13.5. The number of hydrogen-bond acceptors (Lipinski definition) is 4. The molecule has 0 atom stereocenters. The van der Waals surface area contributed by atoms with Gasteiger partial charge in [0.2, 0.25) is 10.0 Å². The van der Waals surface area contributed by atoms with Crippen LogP contribution in [0.3, 0.4) is 0 Å². The molecule has 0 radical (unpaired) electrons. The second-order valence-electron chi connectivity index (χ2n) is 4.37. The van der Waals surface area contributed by atoms with Crippen molar-refractivity contribution in [2.45, 2.75) is 25.3 Å². The second kappa shape index (κ2) is 8.03. The lowest BCUT2D eigenvalue weighted by Gasteiger charge is -2.19. The minimum absolute atomic E-state index is 0.0629. The average molecular weight is 310 g/mol. The number of hydrogen-bond donors (Lipinski definition) is 1. The van der Waals surface area contributed by atoms with Crippen LogP contribution < -0.4 is 10.1 Å². The number of rotatable bonds is 8. The molecule has 0 saturated carbocycles. The van der Waals surface area contributed by atoms with Crippen molar-refractivity contribution < 1.29 is 13.2 Å². The summed E-state index contributed by atoms with van der Waals surface area (Å²) in [6, 6.07) is 4.88. The third-order valence-electron chi connectivity index (χ3n) is 2.96. The van der Waals surface area contributed by atoms with E-state index in [4.69, 9.17) is 11.2 Å². The van der Waals surface area contributed by atoms with Gasteiger partial charge < -0.3 is 10.1 Å². The lowest BCUT2D eigenvalue weighted by atomic mass is 10.2. The predicted molar refractivity (Wildman–Crippen MR) is 83.6 cm³/mol. The molecule has 1 aromatic rings. The predicted octanol–water partition coefficient (Wildman–Crippen LogP) is 1.45. The molecule has 0 bridgehead atoms. The first-order valence-electron chi connectivity index (χ1n) is 6.85. The van der Waals surface area contributed by atoms with Gasteiger partial charge in [-0.3, -0.25) is 0 Å². The highest BCUT2D eigenvalue weighted by Crippen LogP contribution is 2.24. The van der Waals surface area contributed by atoms with Gasteiger partial charge in [-0.2, -0.15) is 4.31 Å². The molecule has 0 aromatic heterocycles. The molecule has 1 rings (SSSR count). The molecule has 6 heteroatoms. The highest BCUT2D eigenvalue weighted by Gasteiger charge is 2.23. The summed E-state index contributed by atoms with van der Waals surface area (Å²) < 4.78 is 31.9. The van der Waals surface area contributed by atoms with Crippen LogP contribution in [0.15, 0.2) is 23.1 Å². The monoisotopic (exact) mass is 310 g/mol. The zero-order valence-electron chi connectivity index (χ0n) is 12.7. The molecule has 5 nitrogen and oxygen atoms in total. The minimum atomic E-state index is -3.58. The molecule has 0 heterocycles. The summed E-state index contributed by atoms with van der Waals surface area (Å²) in [5.41, 5.74) is 0.803. The molecule has 21 heavy (non-hydrogen) atoms. The molecule has 0 aliphatic heterocycles. The van der Waals surface area contributed by atoms with E-state index in [9.17, 15) is 8.42 Å². The van der Waals surface area contributed by atoms with Gasteiger partial charge in [0.15, 0.2) is 0 Å². The molecular weight excluding hydrogens is 288 g/mol. The molecule has 0 fully saturated rings. The van der Waals surface area contributed by atoms with E-state index in [1.54, 1.807) is 32.2 Å². The van der Waals surface area contributed by atoms with Crippen molar-refractivity contribution in [3.8, 4) is 18.1 Å². The first-order chi connectivity index (χ1) is 10.0. The number of terminal acetylenes is 1. The SMILES string of the molecule is C#CCN(CC)S(=O)(=O)c1ccc(OCC)c(CNC)c1. The van der Waals surface area contributed by atoms with E-state index >= 15 is 0 Å². The summed E-state index contributed by atoms with van der Waals surface area (Å²) in [5, 5.41) is 3.01. The van der Waals surface area contributed by atoms with E-state index in [0.717, 1.165) is 5.56 Å². The number of sulfonamides is 1. The lowest BCUT2D eigenvalue weighted by molar-refractivity contribution is 0.335. The van der Waals surface area contributed by atoms with Gasteiger partial charge in [-0.05, 0) is 32.2 Å². The normalized spacial score (nSPS) is 11.4. The Morgan fingerprint density at radius 2 is 2.10 bits per heavy atom. The first kappa shape index (κ1) is 17.5. The van der Waals surface area contributed by atoms with Crippen LogP contribution in [0.25, 0.3) is 0 Å². The van der Waals surface area contributed by atoms with E-state index in [2.05, 4.69) is 11.2 Å². The summed E-state index contributed by atoms with van der Waals surface area (Å²) in [7, 11) is -1.78. The first-order valence-corrected chi connectivity index (χ1v) is 8.29. The van der Waals surface area contributed by atoms with Gasteiger partial charge in [-0.15, -0.1) is 6.42 Å². The van der Waals surface area contributed by atoms with Gasteiger partial charge in [0.25, 0.3) is 0 Å². The van der Waals surface area contributed by atoms with Gasteiger partial charge in [-0.1, -0.05) is 12.8 Å². The number of ether oxygens (including phenoxy) is 1. The summed E-state index contributed by atoms with van der Waals surface area (Å²) in [4.78, 5) is 0.230. The van der Waals surface area contributed by atoms with Crippen molar-refractivity contribution in [2.24, 2.45) is 0 Å².